The largest absolute Gasteiger partial charge is 0.460 e. The zero-order valence-electron chi connectivity index (χ0n) is 13.4. The summed E-state index contributed by atoms with van der Waals surface area (Å²) in [5.41, 5.74) is 0.983. The van der Waals surface area contributed by atoms with Crippen molar-refractivity contribution in [2.75, 3.05) is 33.3 Å². The Morgan fingerprint density at radius 1 is 1.27 bits per heavy atom. The average Bonchev–Trinajstić information content (AvgIpc) is 2.95. The van der Waals surface area contributed by atoms with Crippen molar-refractivity contribution in [2.24, 2.45) is 0 Å². The van der Waals surface area contributed by atoms with Crippen molar-refractivity contribution in [3.63, 3.8) is 0 Å². The van der Waals surface area contributed by atoms with Gasteiger partial charge in [-0.15, -0.1) is 0 Å². The Kier molecular flexibility index (Phi) is 5.13. The average molecular weight is 302 g/mol. The maximum absolute atomic E-state index is 8.93. The lowest BCUT2D eigenvalue weighted by atomic mass is 10.0. The number of rotatable bonds is 6. The molecule has 0 saturated carbocycles. The normalized spacial score (nSPS) is 17.6. The second kappa shape index (κ2) is 7.27. The quantitative estimate of drug-likeness (QED) is 0.890. The van der Waals surface area contributed by atoms with Crippen LogP contribution in [0.3, 0.4) is 0 Å². The van der Waals surface area contributed by atoms with Crippen molar-refractivity contribution < 1.29 is 9.52 Å². The molecule has 0 amide bonds. The van der Waals surface area contributed by atoms with Gasteiger partial charge in [0.25, 0.3) is 0 Å². The van der Waals surface area contributed by atoms with Gasteiger partial charge in [-0.25, -0.2) is 0 Å². The van der Waals surface area contributed by atoms with Crippen LogP contribution in [-0.4, -0.2) is 54.2 Å². The summed E-state index contributed by atoms with van der Waals surface area (Å²) in [4.78, 5) is 4.88. The Bertz CT molecular complexity index is 555. The van der Waals surface area contributed by atoms with E-state index >= 15 is 0 Å². The molecule has 4 nitrogen and oxygen atoms in total. The van der Waals surface area contributed by atoms with Gasteiger partial charge >= 0.3 is 0 Å². The van der Waals surface area contributed by atoms with Crippen molar-refractivity contribution in [3.8, 4) is 0 Å². The van der Waals surface area contributed by atoms with Gasteiger partial charge in [0.1, 0.15) is 11.3 Å². The first-order valence-corrected chi connectivity index (χ1v) is 8.27. The molecular formula is C18H26N2O2. The van der Waals surface area contributed by atoms with Crippen molar-refractivity contribution in [3.05, 3.63) is 36.1 Å². The number of para-hydroxylation sites is 1. The number of aliphatic hydroxyl groups is 1. The van der Waals surface area contributed by atoms with Gasteiger partial charge in [-0.1, -0.05) is 18.2 Å². The van der Waals surface area contributed by atoms with E-state index in [-0.39, 0.29) is 6.61 Å². The minimum absolute atomic E-state index is 0.287. The van der Waals surface area contributed by atoms with Crippen LogP contribution in [0.5, 0.6) is 0 Å². The molecule has 1 aliphatic heterocycles. The Morgan fingerprint density at radius 3 is 2.77 bits per heavy atom. The number of aliphatic hydroxyl groups excluding tert-OH is 1. The van der Waals surface area contributed by atoms with Gasteiger partial charge in [0, 0.05) is 37.7 Å². The molecule has 0 atom stereocenters. The van der Waals surface area contributed by atoms with Crippen LogP contribution >= 0.6 is 0 Å². The van der Waals surface area contributed by atoms with E-state index in [1.807, 2.05) is 12.1 Å². The molecule has 1 aliphatic rings. The van der Waals surface area contributed by atoms with E-state index in [2.05, 4.69) is 35.0 Å². The molecule has 0 spiro atoms. The third-order valence-corrected chi connectivity index (χ3v) is 4.71. The van der Waals surface area contributed by atoms with E-state index in [1.54, 1.807) is 0 Å². The summed E-state index contributed by atoms with van der Waals surface area (Å²) >= 11 is 0. The lowest BCUT2D eigenvalue weighted by Crippen LogP contribution is -2.43. The molecule has 1 aromatic carbocycles. The fourth-order valence-corrected chi connectivity index (χ4v) is 3.36. The van der Waals surface area contributed by atoms with E-state index in [0.29, 0.717) is 6.04 Å². The minimum atomic E-state index is 0.287. The van der Waals surface area contributed by atoms with Gasteiger partial charge in [-0.3, -0.25) is 4.90 Å². The lowest BCUT2D eigenvalue weighted by Gasteiger charge is -2.36. The molecule has 1 saturated heterocycles. The maximum atomic E-state index is 8.93. The number of fused-ring (bicyclic) bond motifs is 1. The molecule has 3 rings (SSSR count). The van der Waals surface area contributed by atoms with Crippen LogP contribution in [0.15, 0.2) is 34.7 Å². The van der Waals surface area contributed by atoms with Crippen LogP contribution in [0, 0.1) is 0 Å². The van der Waals surface area contributed by atoms with Crippen molar-refractivity contribution in [1.82, 2.24) is 9.80 Å². The maximum Gasteiger partial charge on any atom is 0.134 e. The summed E-state index contributed by atoms with van der Waals surface area (Å²) in [5, 5.41) is 10.1. The van der Waals surface area contributed by atoms with E-state index in [0.717, 1.165) is 43.9 Å². The Morgan fingerprint density at radius 2 is 2.05 bits per heavy atom. The van der Waals surface area contributed by atoms with Gasteiger partial charge < -0.3 is 14.4 Å². The van der Waals surface area contributed by atoms with Gasteiger partial charge in [-0.2, -0.15) is 0 Å². The molecule has 0 radical (unpaired) electrons. The summed E-state index contributed by atoms with van der Waals surface area (Å²) in [5.74, 6) is 1.06. The first-order chi connectivity index (χ1) is 10.8. The number of benzene rings is 1. The number of likely N-dealkylation sites (tertiary alicyclic amines) is 1. The number of furan rings is 1. The standard InChI is InChI=1S/C18H26N2O2/c1-19(9-4-12-21)16-7-10-20(11-8-16)14-17-13-15-5-2-3-6-18(15)22-17/h2-3,5-6,13,16,21H,4,7-12,14H2,1H3. The highest BCUT2D eigenvalue weighted by molar-refractivity contribution is 5.77. The molecular weight excluding hydrogens is 276 g/mol. The van der Waals surface area contributed by atoms with Crippen LogP contribution < -0.4 is 0 Å². The highest BCUT2D eigenvalue weighted by Gasteiger charge is 2.22. The monoisotopic (exact) mass is 302 g/mol. The van der Waals surface area contributed by atoms with E-state index < -0.39 is 0 Å². The lowest BCUT2D eigenvalue weighted by molar-refractivity contribution is 0.113. The molecule has 4 heteroatoms. The van der Waals surface area contributed by atoms with Gasteiger partial charge in [0.15, 0.2) is 0 Å². The second-order valence-electron chi connectivity index (χ2n) is 6.32. The molecule has 0 unspecified atom stereocenters. The van der Waals surface area contributed by atoms with Crippen LogP contribution in [0.25, 0.3) is 11.0 Å². The molecule has 0 aliphatic carbocycles. The Balaban J connectivity index is 1.51. The highest BCUT2D eigenvalue weighted by Crippen LogP contribution is 2.22. The third-order valence-electron chi connectivity index (χ3n) is 4.71. The van der Waals surface area contributed by atoms with Gasteiger partial charge in [-0.05, 0) is 38.4 Å². The van der Waals surface area contributed by atoms with E-state index in [4.69, 9.17) is 9.52 Å². The number of piperidine rings is 1. The van der Waals surface area contributed by atoms with Crippen LogP contribution in [0.2, 0.25) is 0 Å². The van der Waals surface area contributed by atoms with E-state index in [9.17, 15) is 0 Å². The number of hydrogen-bond donors (Lipinski definition) is 1. The fraction of sp³-hybridized carbons (Fsp3) is 0.556. The number of nitrogens with zero attached hydrogens (tertiary/aromatic N) is 2. The summed E-state index contributed by atoms with van der Waals surface area (Å²) in [6.45, 7) is 4.41. The molecule has 2 aromatic rings. The second-order valence-corrected chi connectivity index (χ2v) is 6.32. The minimum Gasteiger partial charge on any atom is -0.460 e. The SMILES string of the molecule is CN(CCCO)C1CCN(Cc2cc3ccccc3o2)CC1. The zero-order valence-corrected chi connectivity index (χ0v) is 13.4. The van der Waals surface area contributed by atoms with Crippen molar-refractivity contribution >= 4 is 11.0 Å². The van der Waals surface area contributed by atoms with Crippen LogP contribution in [0.4, 0.5) is 0 Å². The Hall–Kier alpha value is -1.36. The molecule has 1 fully saturated rings. The zero-order chi connectivity index (χ0) is 15.4. The number of hydrogen-bond acceptors (Lipinski definition) is 4. The highest BCUT2D eigenvalue weighted by atomic mass is 16.3. The smallest absolute Gasteiger partial charge is 0.134 e. The molecule has 0 bridgehead atoms. The first-order valence-electron chi connectivity index (χ1n) is 8.27. The summed E-state index contributed by atoms with van der Waals surface area (Å²) in [7, 11) is 2.18. The van der Waals surface area contributed by atoms with E-state index in [1.165, 1.54) is 18.2 Å². The third kappa shape index (κ3) is 3.69. The molecule has 22 heavy (non-hydrogen) atoms. The first kappa shape index (κ1) is 15.5. The van der Waals surface area contributed by atoms with Crippen molar-refractivity contribution in [2.45, 2.75) is 31.8 Å². The van der Waals surface area contributed by atoms with Crippen LogP contribution in [0.1, 0.15) is 25.0 Å². The van der Waals surface area contributed by atoms with Crippen LogP contribution in [-0.2, 0) is 6.54 Å². The van der Waals surface area contributed by atoms with Crippen molar-refractivity contribution in [1.29, 1.82) is 0 Å². The topological polar surface area (TPSA) is 39.9 Å². The Labute approximate surface area is 132 Å². The summed E-state index contributed by atoms with van der Waals surface area (Å²) in [6.07, 6.45) is 3.26. The fourth-order valence-electron chi connectivity index (χ4n) is 3.36. The predicted octanol–water partition coefficient (Wildman–Crippen LogP) is 2.71. The summed E-state index contributed by atoms with van der Waals surface area (Å²) in [6, 6.07) is 11.0. The van der Waals surface area contributed by atoms with Gasteiger partial charge in [0.2, 0.25) is 0 Å². The van der Waals surface area contributed by atoms with Gasteiger partial charge in [0.05, 0.1) is 6.54 Å². The predicted molar refractivity (Wildman–Crippen MR) is 88.8 cm³/mol. The molecule has 1 N–H and O–H groups in total. The summed E-state index contributed by atoms with van der Waals surface area (Å²) < 4.78 is 5.92. The molecule has 1 aromatic heterocycles. The molecule has 2 heterocycles. The molecule has 120 valence electrons.